The number of unbranched alkanes of at least 4 members (excludes halogenated alkanes) is 3. The van der Waals surface area contributed by atoms with Gasteiger partial charge in [-0.15, -0.1) is 0 Å². The third-order valence-corrected chi connectivity index (χ3v) is 2.19. The Labute approximate surface area is 91.1 Å². The van der Waals surface area contributed by atoms with Gasteiger partial charge in [0.2, 0.25) is 0 Å². The molecule has 0 aromatic heterocycles. The number of carbonyl (C=O) groups is 2. The van der Waals surface area contributed by atoms with Crippen LogP contribution in [0.3, 0.4) is 0 Å². The van der Waals surface area contributed by atoms with Gasteiger partial charge in [0.05, 0.1) is 0 Å². The highest BCUT2D eigenvalue weighted by Crippen LogP contribution is 2.08. The number of carboxylic acids is 1. The molecule has 0 atom stereocenters. The van der Waals surface area contributed by atoms with Crippen molar-refractivity contribution in [2.24, 2.45) is 5.92 Å². The predicted molar refractivity (Wildman–Crippen MR) is 58.6 cm³/mol. The average molecular weight is 215 g/mol. The van der Waals surface area contributed by atoms with Crippen molar-refractivity contribution in [3.05, 3.63) is 0 Å². The van der Waals surface area contributed by atoms with E-state index in [2.05, 4.69) is 19.2 Å². The van der Waals surface area contributed by atoms with Crippen LogP contribution in [0.25, 0.3) is 0 Å². The third-order valence-electron chi connectivity index (χ3n) is 2.19. The Morgan fingerprint density at radius 1 is 1.13 bits per heavy atom. The molecular weight excluding hydrogens is 194 g/mol. The highest BCUT2D eigenvalue weighted by Gasteiger charge is 2.08. The van der Waals surface area contributed by atoms with Crippen LogP contribution in [0, 0.1) is 5.92 Å². The molecule has 0 heterocycles. The molecule has 0 aliphatic heterocycles. The van der Waals surface area contributed by atoms with Crippen molar-refractivity contribution in [3.8, 4) is 0 Å². The largest absolute Gasteiger partial charge is 0.474 e. The fourth-order valence-corrected chi connectivity index (χ4v) is 1.31. The summed E-state index contributed by atoms with van der Waals surface area (Å²) < 4.78 is 0. The number of hydrogen-bond donors (Lipinski definition) is 2. The Morgan fingerprint density at radius 3 is 2.27 bits per heavy atom. The summed E-state index contributed by atoms with van der Waals surface area (Å²) in [6.07, 6.45) is 5.51. The normalized spacial score (nSPS) is 10.3. The van der Waals surface area contributed by atoms with Crippen LogP contribution in [0.5, 0.6) is 0 Å². The molecule has 0 bridgehead atoms. The Hall–Kier alpha value is -1.06. The van der Waals surface area contributed by atoms with Gasteiger partial charge in [-0.05, 0) is 12.3 Å². The van der Waals surface area contributed by atoms with Crippen molar-refractivity contribution in [3.63, 3.8) is 0 Å². The third kappa shape index (κ3) is 9.25. The maximum atomic E-state index is 10.6. The molecule has 0 radical (unpaired) electrons. The summed E-state index contributed by atoms with van der Waals surface area (Å²) in [5.74, 6) is -1.57. The molecule has 0 aromatic rings. The van der Waals surface area contributed by atoms with Crippen LogP contribution in [-0.4, -0.2) is 23.5 Å². The minimum atomic E-state index is -1.41. The van der Waals surface area contributed by atoms with Crippen LogP contribution in [0.15, 0.2) is 0 Å². The molecule has 0 saturated heterocycles. The summed E-state index contributed by atoms with van der Waals surface area (Å²) >= 11 is 0. The summed E-state index contributed by atoms with van der Waals surface area (Å²) in [4.78, 5) is 20.7. The quantitative estimate of drug-likeness (QED) is 0.502. The van der Waals surface area contributed by atoms with Crippen molar-refractivity contribution < 1.29 is 14.7 Å². The van der Waals surface area contributed by atoms with Crippen molar-refractivity contribution in [2.45, 2.75) is 46.0 Å². The lowest BCUT2D eigenvalue weighted by Crippen LogP contribution is -2.31. The zero-order chi connectivity index (χ0) is 11.7. The van der Waals surface area contributed by atoms with Crippen molar-refractivity contribution in [1.82, 2.24) is 5.32 Å². The summed E-state index contributed by atoms with van der Waals surface area (Å²) in [7, 11) is 0. The van der Waals surface area contributed by atoms with Gasteiger partial charge in [-0.2, -0.15) is 0 Å². The highest BCUT2D eigenvalue weighted by molar-refractivity contribution is 6.31. The van der Waals surface area contributed by atoms with Gasteiger partial charge in [-0.1, -0.05) is 39.5 Å². The summed E-state index contributed by atoms with van der Waals surface area (Å²) in [5, 5.41) is 10.6. The van der Waals surface area contributed by atoms with E-state index in [1.807, 2.05) is 0 Å². The van der Waals surface area contributed by atoms with Crippen molar-refractivity contribution >= 4 is 11.9 Å². The molecule has 4 nitrogen and oxygen atoms in total. The number of amides is 1. The van der Waals surface area contributed by atoms with Crippen LogP contribution < -0.4 is 5.32 Å². The Bertz CT molecular complexity index is 202. The minimum absolute atomic E-state index is 0.465. The second kappa shape index (κ2) is 8.26. The number of hydrogen-bond acceptors (Lipinski definition) is 2. The molecule has 0 spiro atoms. The van der Waals surface area contributed by atoms with E-state index in [1.165, 1.54) is 12.8 Å². The lowest BCUT2D eigenvalue weighted by Gasteiger charge is -2.04. The molecular formula is C11H21NO3. The molecule has 15 heavy (non-hydrogen) atoms. The minimum Gasteiger partial charge on any atom is -0.474 e. The van der Waals surface area contributed by atoms with E-state index in [4.69, 9.17) is 5.11 Å². The fourth-order valence-electron chi connectivity index (χ4n) is 1.31. The maximum Gasteiger partial charge on any atom is 0.394 e. The lowest BCUT2D eigenvalue weighted by atomic mass is 10.0. The monoisotopic (exact) mass is 215 g/mol. The molecule has 0 aromatic carbocycles. The van der Waals surface area contributed by atoms with Gasteiger partial charge in [0.15, 0.2) is 0 Å². The van der Waals surface area contributed by atoms with E-state index >= 15 is 0 Å². The van der Waals surface area contributed by atoms with E-state index in [0.717, 1.165) is 25.2 Å². The summed E-state index contributed by atoms with van der Waals surface area (Å²) in [5.41, 5.74) is 0. The van der Waals surface area contributed by atoms with Gasteiger partial charge >= 0.3 is 11.9 Å². The van der Waals surface area contributed by atoms with Crippen LogP contribution >= 0.6 is 0 Å². The predicted octanol–water partition coefficient (Wildman–Crippen LogP) is 1.79. The molecule has 1 amide bonds. The van der Waals surface area contributed by atoms with Gasteiger partial charge in [0, 0.05) is 6.54 Å². The molecule has 0 aliphatic carbocycles. The SMILES string of the molecule is CC(C)CCCCCCNC(=O)C(=O)O. The number of rotatable bonds is 7. The van der Waals surface area contributed by atoms with Gasteiger partial charge in [0.25, 0.3) is 0 Å². The van der Waals surface area contributed by atoms with Crippen molar-refractivity contribution in [2.75, 3.05) is 6.54 Å². The van der Waals surface area contributed by atoms with Crippen molar-refractivity contribution in [1.29, 1.82) is 0 Å². The van der Waals surface area contributed by atoms with Crippen LogP contribution in [0.2, 0.25) is 0 Å². The Kier molecular flexibility index (Phi) is 7.68. The van der Waals surface area contributed by atoms with E-state index in [-0.39, 0.29) is 0 Å². The van der Waals surface area contributed by atoms with E-state index < -0.39 is 11.9 Å². The molecule has 2 N–H and O–H groups in total. The standard InChI is InChI=1S/C11H21NO3/c1-9(2)7-5-3-4-6-8-12-10(13)11(14)15/h9H,3-8H2,1-2H3,(H,12,13)(H,14,15). The number of aliphatic carboxylic acids is 1. The number of carbonyl (C=O) groups excluding carboxylic acids is 1. The molecule has 4 heteroatoms. The smallest absolute Gasteiger partial charge is 0.394 e. The van der Waals surface area contributed by atoms with E-state index in [1.54, 1.807) is 0 Å². The molecule has 0 rings (SSSR count). The van der Waals surface area contributed by atoms with Gasteiger partial charge in [0.1, 0.15) is 0 Å². The first-order valence-electron chi connectivity index (χ1n) is 5.55. The van der Waals surface area contributed by atoms with E-state index in [0.29, 0.717) is 6.54 Å². The lowest BCUT2D eigenvalue weighted by molar-refractivity contribution is -0.150. The van der Waals surface area contributed by atoms with Gasteiger partial charge in [-0.3, -0.25) is 4.79 Å². The first kappa shape index (κ1) is 13.9. The van der Waals surface area contributed by atoms with Crippen LogP contribution in [0.4, 0.5) is 0 Å². The Balaban J connectivity index is 3.18. The second-order valence-electron chi connectivity index (χ2n) is 4.16. The first-order valence-corrected chi connectivity index (χ1v) is 5.55. The average Bonchev–Trinajstić information content (AvgIpc) is 2.15. The van der Waals surface area contributed by atoms with Gasteiger partial charge < -0.3 is 10.4 Å². The zero-order valence-electron chi connectivity index (χ0n) is 9.58. The molecule has 0 fully saturated rings. The maximum absolute atomic E-state index is 10.6. The number of carboxylic acid groups (broad SMARTS) is 1. The number of nitrogens with one attached hydrogen (secondary N) is 1. The zero-order valence-corrected chi connectivity index (χ0v) is 9.58. The summed E-state index contributed by atoms with van der Waals surface area (Å²) in [6, 6.07) is 0. The molecule has 0 saturated carbocycles. The van der Waals surface area contributed by atoms with Crippen LogP contribution in [-0.2, 0) is 9.59 Å². The first-order chi connectivity index (χ1) is 7.04. The molecule has 0 unspecified atom stereocenters. The highest BCUT2D eigenvalue weighted by atomic mass is 16.4. The molecule has 0 aliphatic rings. The van der Waals surface area contributed by atoms with Gasteiger partial charge in [-0.25, -0.2) is 4.79 Å². The topological polar surface area (TPSA) is 66.4 Å². The van der Waals surface area contributed by atoms with Crippen LogP contribution in [0.1, 0.15) is 46.0 Å². The second-order valence-corrected chi connectivity index (χ2v) is 4.16. The molecule has 88 valence electrons. The Morgan fingerprint density at radius 2 is 1.73 bits per heavy atom. The fraction of sp³-hybridized carbons (Fsp3) is 0.818. The summed E-state index contributed by atoms with van der Waals surface area (Å²) in [6.45, 7) is 4.87. The van der Waals surface area contributed by atoms with E-state index in [9.17, 15) is 9.59 Å².